The number of pyridine rings is 1. The smallest absolute Gasteiger partial charge is 0.287 e. The highest BCUT2D eigenvalue weighted by Crippen LogP contribution is 2.40. The molecule has 0 bridgehead atoms. The highest BCUT2D eigenvalue weighted by atomic mass is 35.5. The minimum atomic E-state index is -2.99. The number of aromatic nitrogens is 2. The number of alkyl halides is 2. The number of H-pyrrole nitrogens is 1. The first-order valence-corrected chi connectivity index (χ1v) is 18.1. The van der Waals surface area contributed by atoms with Gasteiger partial charge in [-0.15, -0.1) is 0 Å². The lowest BCUT2D eigenvalue weighted by Crippen LogP contribution is -2.57. The maximum atomic E-state index is 14.7. The normalized spacial score (nSPS) is 22.1. The molecule has 3 N–H and O–H groups in total. The average molecular weight is 680 g/mol. The second-order valence-corrected chi connectivity index (χ2v) is 14.7. The average Bonchev–Trinajstić information content (AvgIpc) is 3.42. The fraction of sp³-hybridized carbons (Fsp3) is 0.553. The van der Waals surface area contributed by atoms with Crippen molar-refractivity contribution in [1.82, 2.24) is 30.4 Å². The van der Waals surface area contributed by atoms with E-state index in [1.807, 2.05) is 31.3 Å². The van der Waals surface area contributed by atoms with Gasteiger partial charge in [-0.1, -0.05) is 51.1 Å². The molecule has 3 aliphatic heterocycles. The second-order valence-electron chi connectivity index (χ2n) is 14.3. The number of piperazine rings is 1. The number of aromatic amines is 1. The lowest BCUT2D eigenvalue weighted by Gasteiger charge is -2.44. The molecule has 2 saturated heterocycles. The van der Waals surface area contributed by atoms with Crippen LogP contribution in [0.1, 0.15) is 62.7 Å². The predicted molar refractivity (Wildman–Crippen MR) is 194 cm³/mol. The molecular weight excluding hydrogens is 628 g/mol. The van der Waals surface area contributed by atoms with E-state index >= 15 is 0 Å². The van der Waals surface area contributed by atoms with E-state index in [-0.39, 0.29) is 17.8 Å². The van der Waals surface area contributed by atoms with E-state index in [0.29, 0.717) is 35.6 Å². The van der Waals surface area contributed by atoms with E-state index in [1.165, 1.54) is 16.6 Å². The van der Waals surface area contributed by atoms with Gasteiger partial charge in [0.05, 0.1) is 12.1 Å². The first-order valence-electron chi connectivity index (χ1n) is 17.7. The van der Waals surface area contributed by atoms with Crippen LogP contribution >= 0.6 is 11.6 Å². The first kappa shape index (κ1) is 34.9. The van der Waals surface area contributed by atoms with Crippen LogP contribution in [0.2, 0.25) is 5.02 Å². The van der Waals surface area contributed by atoms with Gasteiger partial charge in [-0.05, 0) is 78.9 Å². The third kappa shape index (κ3) is 7.59. The van der Waals surface area contributed by atoms with Gasteiger partial charge in [0.25, 0.3) is 5.92 Å². The van der Waals surface area contributed by atoms with Gasteiger partial charge in [0, 0.05) is 86.8 Å². The van der Waals surface area contributed by atoms with E-state index in [1.54, 1.807) is 0 Å². The number of hydrogen-bond donors (Lipinski definition) is 3. The number of nitrogens with zero attached hydrogens (tertiary/aromatic N) is 4. The number of benzene rings is 1. The summed E-state index contributed by atoms with van der Waals surface area (Å²) in [7, 11) is 0. The van der Waals surface area contributed by atoms with Crippen molar-refractivity contribution in [3.05, 3.63) is 82.9 Å². The fourth-order valence-electron chi connectivity index (χ4n) is 7.65. The van der Waals surface area contributed by atoms with Crippen LogP contribution in [-0.4, -0.2) is 78.2 Å². The van der Waals surface area contributed by atoms with E-state index in [2.05, 4.69) is 80.1 Å². The summed E-state index contributed by atoms with van der Waals surface area (Å²) in [6.45, 7) is 18.7. The number of fused-ring (bicyclic) bond motifs is 3. The number of nitrogens with one attached hydrogen (secondary N) is 3. The van der Waals surface area contributed by atoms with Gasteiger partial charge in [-0.2, -0.15) is 8.78 Å². The van der Waals surface area contributed by atoms with E-state index < -0.39 is 5.92 Å². The number of halogens is 3. The minimum absolute atomic E-state index is 0.0923. The van der Waals surface area contributed by atoms with E-state index in [9.17, 15) is 8.78 Å². The molecule has 0 radical (unpaired) electrons. The Hall–Kier alpha value is -2.98. The molecular formula is C38H52ClF2N7. The molecule has 7 nitrogen and oxygen atoms in total. The third-order valence-electron chi connectivity index (χ3n) is 10.8. The fourth-order valence-corrected chi connectivity index (χ4v) is 7.82. The maximum Gasteiger partial charge on any atom is 0.287 e. The summed E-state index contributed by atoms with van der Waals surface area (Å²) in [5, 5.41) is 8.90. The molecule has 0 saturated carbocycles. The Morgan fingerprint density at radius 1 is 1.15 bits per heavy atom. The van der Waals surface area contributed by atoms with Crippen molar-refractivity contribution < 1.29 is 8.78 Å². The van der Waals surface area contributed by atoms with Crippen LogP contribution in [0.15, 0.2) is 55.4 Å². The van der Waals surface area contributed by atoms with Gasteiger partial charge in [0.2, 0.25) is 0 Å². The molecule has 3 aromatic rings. The number of allylic oxidation sites excluding steroid dienone is 1. The highest BCUT2D eigenvalue weighted by molar-refractivity contribution is 6.31. The number of hydrogen-bond acceptors (Lipinski definition) is 6. The zero-order valence-corrected chi connectivity index (χ0v) is 29.7. The van der Waals surface area contributed by atoms with Crippen LogP contribution in [0.25, 0.3) is 10.9 Å². The summed E-state index contributed by atoms with van der Waals surface area (Å²) < 4.78 is 29.4. The minimum Gasteiger partial charge on any atom is -0.357 e. The summed E-state index contributed by atoms with van der Waals surface area (Å²) in [5.74, 6) is -0.910. The Bertz CT molecular complexity index is 1600. The summed E-state index contributed by atoms with van der Waals surface area (Å²) in [5.41, 5.74) is 4.26. The number of anilines is 1. The van der Waals surface area contributed by atoms with Gasteiger partial charge >= 0.3 is 0 Å². The van der Waals surface area contributed by atoms with Crippen LogP contribution in [0.3, 0.4) is 0 Å². The maximum absolute atomic E-state index is 14.7. The molecule has 6 rings (SSSR count). The second kappa shape index (κ2) is 14.9. The SMILES string of the molecule is C=CN(/C=C\C(C)C(C)CC1c2[nH]c3ccc(Cl)cc3c2CCN1CC1CNCCN1c1ccc(CC)c(C(C)(F)F)n1)CC1CNC1. The van der Waals surface area contributed by atoms with Crippen molar-refractivity contribution in [2.75, 3.05) is 57.3 Å². The van der Waals surface area contributed by atoms with Crippen molar-refractivity contribution >= 4 is 28.3 Å². The summed E-state index contributed by atoms with van der Waals surface area (Å²) in [6.07, 6.45) is 8.90. The summed E-state index contributed by atoms with van der Waals surface area (Å²) >= 11 is 6.48. The lowest BCUT2D eigenvalue weighted by molar-refractivity contribution is 0.0118. The quantitative estimate of drug-likeness (QED) is 0.179. The molecule has 5 heterocycles. The third-order valence-corrected chi connectivity index (χ3v) is 11.1. The largest absolute Gasteiger partial charge is 0.357 e. The molecule has 2 fully saturated rings. The molecule has 3 aliphatic rings. The van der Waals surface area contributed by atoms with Gasteiger partial charge < -0.3 is 25.4 Å². The van der Waals surface area contributed by atoms with Gasteiger partial charge in [0.1, 0.15) is 11.5 Å². The molecule has 0 aliphatic carbocycles. The Morgan fingerprint density at radius 2 is 1.96 bits per heavy atom. The van der Waals surface area contributed by atoms with Crippen LogP contribution in [0.4, 0.5) is 14.6 Å². The molecule has 0 amide bonds. The van der Waals surface area contributed by atoms with Crippen molar-refractivity contribution in [2.45, 2.75) is 65.0 Å². The van der Waals surface area contributed by atoms with Crippen LogP contribution in [0.5, 0.6) is 0 Å². The van der Waals surface area contributed by atoms with Crippen molar-refractivity contribution in [2.24, 2.45) is 17.8 Å². The summed E-state index contributed by atoms with van der Waals surface area (Å²) in [6, 6.07) is 10.2. The number of aryl methyl sites for hydroxylation is 1. The zero-order chi connectivity index (χ0) is 34.0. The van der Waals surface area contributed by atoms with Crippen molar-refractivity contribution in [3.63, 3.8) is 0 Å². The molecule has 4 atom stereocenters. The molecule has 2 aromatic heterocycles. The predicted octanol–water partition coefficient (Wildman–Crippen LogP) is 7.11. The molecule has 48 heavy (non-hydrogen) atoms. The Labute approximate surface area is 289 Å². The molecule has 10 heteroatoms. The van der Waals surface area contributed by atoms with E-state index in [0.717, 1.165) is 82.7 Å². The topological polar surface area (TPSA) is 62.5 Å². The monoisotopic (exact) mass is 679 g/mol. The van der Waals surface area contributed by atoms with Crippen molar-refractivity contribution in [3.8, 4) is 0 Å². The van der Waals surface area contributed by atoms with Gasteiger partial charge in [0.15, 0.2) is 0 Å². The van der Waals surface area contributed by atoms with Crippen LogP contribution < -0.4 is 15.5 Å². The zero-order valence-electron chi connectivity index (χ0n) is 28.9. The highest BCUT2D eigenvalue weighted by Gasteiger charge is 2.36. The standard InChI is InChI=1S/C38H52ClF2N7/c1-6-28-8-11-35(45-37(28)38(5,40)41)48-17-14-42-22-30(48)24-47-16-13-31-32-19-29(39)9-10-33(32)44-36(31)34(47)18-26(4)25(3)12-15-46(7-2)23-27-20-43-21-27/h7-12,15,19,25-27,30,34,42-44H,2,6,13-14,16-18,20-24H2,1,3-5H3/b15-12-. The number of rotatable bonds is 13. The van der Waals surface area contributed by atoms with Gasteiger partial charge in [-0.25, -0.2) is 4.98 Å². The molecule has 0 spiro atoms. The van der Waals surface area contributed by atoms with Crippen LogP contribution in [0, 0.1) is 17.8 Å². The Morgan fingerprint density at radius 3 is 2.67 bits per heavy atom. The van der Waals surface area contributed by atoms with Crippen LogP contribution in [-0.2, 0) is 18.8 Å². The molecule has 4 unspecified atom stereocenters. The summed E-state index contributed by atoms with van der Waals surface area (Å²) in [4.78, 5) is 15.5. The Kier molecular flexibility index (Phi) is 10.8. The lowest BCUT2D eigenvalue weighted by atomic mass is 9.85. The Balaban J connectivity index is 1.26. The van der Waals surface area contributed by atoms with E-state index in [4.69, 9.17) is 11.6 Å². The molecule has 260 valence electrons. The van der Waals surface area contributed by atoms with Gasteiger partial charge in [-0.3, -0.25) is 4.90 Å². The van der Waals surface area contributed by atoms with Crippen molar-refractivity contribution in [1.29, 1.82) is 0 Å². The first-order chi connectivity index (χ1) is 23.0. The molecule has 1 aromatic carbocycles.